The predicted octanol–water partition coefficient (Wildman–Crippen LogP) is -0.908. The van der Waals surface area contributed by atoms with Crippen molar-refractivity contribution in [1.29, 1.82) is 0 Å². The monoisotopic (exact) mass is 224 g/mol. The topological polar surface area (TPSA) is 87.0 Å². The molecular formula is C11H12O5. The Morgan fingerprint density at radius 1 is 1.50 bits per heavy atom. The molecule has 0 saturated heterocycles. The average Bonchev–Trinajstić information content (AvgIpc) is 2.66. The number of hydrogen-bond acceptors (Lipinski definition) is 5. The third-order valence-corrected chi connectivity index (χ3v) is 1.83. The maximum Gasteiger partial charge on any atom is 0.336 e. The number of aliphatic hydroxyl groups excluding tert-OH is 2. The Bertz CT molecular complexity index is 406. The lowest BCUT2D eigenvalue weighted by molar-refractivity contribution is -0.132. The number of rotatable bonds is 2. The molecule has 0 aromatic carbocycles. The normalized spacial score (nSPS) is 20.9. The molecule has 5 heteroatoms. The van der Waals surface area contributed by atoms with E-state index >= 15 is 0 Å². The van der Waals surface area contributed by atoms with E-state index in [4.69, 9.17) is 14.9 Å². The van der Waals surface area contributed by atoms with Crippen molar-refractivity contribution in [2.75, 3.05) is 13.2 Å². The molecule has 0 aliphatic carbocycles. The summed E-state index contributed by atoms with van der Waals surface area (Å²) in [5.41, 5.74) is -1.37. The Kier molecular flexibility index (Phi) is 3.85. The zero-order chi connectivity index (χ0) is 12.2. The molecule has 1 rings (SSSR count). The minimum Gasteiger partial charge on any atom is -0.422 e. The standard InChI is InChI=1S/C11H12O5/c1-11(15,7-13)5-4-8(6-12)9-2-3-10(14)16-9/h2-3,12-13,15H,6-7H2,1H3/b9-8+. The van der Waals surface area contributed by atoms with Gasteiger partial charge in [-0.1, -0.05) is 11.8 Å². The van der Waals surface area contributed by atoms with Crippen molar-refractivity contribution < 1.29 is 24.9 Å². The Hall–Kier alpha value is -1.61. The van der Waals surface area contributed by atoms with Gasteiger partial charge in [0.15, 0.2) is 0 Å². The maximum absolute atomic E-state index is 10.8. The van der Waals surface area contributed by atoms with Crippen molar-refractivity contribution in [3.8, 4) is 11.8 Å². The smallest absolute Gasteiger partial charge is 0.336 e. The number of carbonyl (C=O) groups is 1. The van der Waals surface area contributed by atoms with Gasteiger partial charge < -0.3 is 20.1 Å². The highest BCUT2D eigenvalue weighted by molar-refractivity contribution is 5.86. The summed E-state index contributed by atoms with van der Waals surface area (Å²) in [6.45, 7) is 0.390. The molecule has 0 spiro atoms. The third-order valence-electron chi connectivity index (χ3n) is 1.83. The first kappa shape index (κ1) is 12.5. The van der Waals surface area contributed by atoms with E-state index in [2.05, 4.69) is 11.8 Å². The van der Waals surface area contributed by atoms with Gasteiger partial charge in [-0.25, -0.2) is 4.79 Å². The van der Waals surface area contributed by atoms with Gasteiger partial charge in [0, 0.05) is 6.08 Å². The van der Waals surface area contributed by atoms with Crippen molar-refractivity contribution >= 4 is 5.97 Å². The molecule has 1 heterocycles. The van der Waals surface area contributed by atoms with Crippen LogP contribution >= 0.6 is 0 Å². The van der Waals surface area contributed by atoms with Gasteiger partial charge in [0.05, 0.1) is 18.8 Å². The van der Waals surface area contributed by atoms with Crippen LogP contribution in [0.4, 0.5) is 0 Å². The van der Waals surface area contributed by atoms with Crippen LogP contribution in [0.1, 0.15) is 6.92 Å². The van der Waals surface area contributed by atoms with E-state index in [0.717, 1.165) is 0 Å². The fourth-order valence-corrected chi connectivity index (χ4v) is 0.911. The van der Waals surface area contributed by atoms with Crippen LogP contribution in [0.25, 0.3) is 0 Å². The van der Waals surface area contributed by atoms with Crippen molar-refractivity contribution in [3.63, 3.8) is 0 Å². The highest BCUT2D eigenvalue weighted by Crippen LogP contribution is 2.14. The summed E-state index contributed by atoms with van der Waals surface area (Å²) in [7, 11) is 0. The summed E-state index contributed by atoms with van der Waals surface area (Å²) in [4.78, 5) is 10.8. The first-order valence-electron chi connectivity index (χ1n) is 4.59. The summed E-state index contributed by atoms with van der Waals surface area (Å²) in [6, 6.07) is 0. The zero-order valence-corrected chi connectivity index (χ0v) is 8.73. The van der Waals surface area contributed by atoms with Crippen LogP contribution in [0.3, 0.4) is 0 Å². The van der Waals surface area contributed by atoms with E-state index < -0.39 is 24.8 Å². The minimum absolute atomic E-state index is 0.161. The molecule has 0 aromatic heterocycles. The van der Waals surface area contributed by atoms with E-state index in [1.54, 1.807) is 0 Å². The molecule has 1 unspecified atom stereocenters. The number of hydrogen-bond donors (Lipinski definition) is 3. The molecule has 5 nitrogen and oxygen atoms in total. The lowest BCUT2D eigenvalue weighted by Crippen LogP contribution is -2.26. The quantitative estimate of drug-likeness (QED) is 0.417. The predicted molar refractivity (Wildman–Crippen MR) is 54.8 cm³/mol. The zero-order valence-electron chi connectivity index (χ0n) is 8.73. The number of cyclic esters (lactones) is 1. The second-order valence-electron chi connectivity index (χ2n) is 3.44. The molecular weight excluding hydrogens is 212 g/mol. The average molecular weight is 224 g/mol. The van der Waals surface area contributed by atoms with Gasteiger partial charge in [-0.2, -0.15) is 0 Å². The van der Waals surface area contributed by atoms with Crippen molar-refractivity contribution in [3.05, 3.63) is 23.5 Å². The van der Waals surface area contributed by atoms with Crippen LogP contribution < -0.4 is 0 Å². The molecule has 3 N–H and O–H groups in total. The number of aliphatic hydroxyl groups is 3. The SMILES string of the molecule is CC(O)(C#C/C(CO)=C1/C=CC(=O)O1)CO. The van der Waals surface area contributed by atoms with Crippen molar-refractivity contribution in [2.24, 2.45) is 0 Å². The second-order valence-corrected chi connectivity index (χ2v) is 3.44. The molecule has 0 radical (unpaired) electrons. The first-order chi connectivity index (χ1) is 7.48. The molecule has 1 aliphatic heterocycles. The number of esters is 1. The molecule has 0 amide bonds. The van der Waals surface area contributed by atoms with Gasteiger partial charge in [0.25, 0.3) is 0 Å². The molecule has 1 atom stereocenters. The number of carbonyl (C=O) groups excluding carboxylic acids is 1. The summed E-state index contributed by atoms with van der Waals surface area (Å²) in [5.74, 6) is 4.46. The van der Waals surface area contributed by atoms with Gasteiger partial charge in [-0.3, -0.25) is 0 Å². The van der Waals surface area contributed by atoms with Gasteiger partial charge in [0.1, 0.15) is 11.4 Å². The summed E-state index contributed by atoms with van der Waals surface area (Å²) in [5, 5.41) is 27.2. The molecule has 0 aromatic rings. The van der Waals surface area contributed by atoms with Crippen LogP contribution in [0, 0.1) is 11.8 Å². The summed E-state index contributed by atoms with van der Waals surface area (Å²) >= 11 is 0. The molecule has 86 valence electrons. The largest absolute Gasteiger partial charge is 0.422 e. The van der Waals surface area contributed by atoms with Gasteiger partial charge in [-0.05, 0) is 13.0 Å². The van der Waals surface area contributed by atoms with E-state index in [-0.39, 0.29) is 11.3 Å². The Balaban J connectivity index is 2.93. The van der Waals surface area contributed by atoms with Crippen molar-refractivity contribution in [2.45, 2.75) is 12.5 Å². The molecule has 16 heavy (non-hydrogen) atoms. The summed E-state index contributed by atoms with van der Waals surface area (Å²) < 4.78 is 4.74. The first-order valence-corrected chi connectivity index (χ1v) is 4.59. The van der Waals surface area contributed by atoms with Gasteiger partial charge in [-0.15, -0.1) is 0 Å². The van der Waals surface area contributed by atoms with Crippen LogP contribution in [0.2, 0.25) is 0 Å². The van der Waals surface area contributed by atoms with Crippen LogP contribution in [-0.4, -0.2) is 40.1 Å². The lowest BCUT2D eigenvalue weighted by Gasteiger charge is -2.11. The summed E-state index contributed by atoms with van der Waals surface area (Å²) in [6.07, 6.45) is 2.59. The fourth-order valence-electron chi connectivity index (χ4n) is 0.911. The lowest BCUT2D eigenvalue weighted by atomic mass is 10.1. The Morgan fingerprint density at radius 2 is 2.19 bits per heavy atom. The highest BCUT2D eigenvalue weighted by Gasteiger charge is 2.16. The van der Waals surface area contributed by atoms with E-state index in [1.165, 1.54) is 19.1 Å². The Morgan fingerprint density at radius 3 is 2.62 bits per heavy atom. The molecule has 1 aliphatic rings. The van der Waals surface area contributed by atoms with Crippen molar-refractivity contribution in [1.82, 2.24) is 0 Å². The molecule has 0 saturated carbocycles. The molecule has 0 fully saturated rings. The van der Waals surface area contributed by atoms with Crippen LogP contribution in [0.15, 0.2) is 23.5 Å². The highest BCUT2D eigenvalue weighted by atomic mass is 16.5. The number of ether oxygens (including phenoxy) is 1. The van der Waals surface area contributed by atoms with E-state index in [1.807, 2.05) is 0 Å². The number of allylic oxidation sites excluding steroid dienone is 1. The van der Waals surface area contributed by atoms with Gasteiger partial charge >= 0.3 is 5.97 Å². The Labute approximate surface area is 92.7 Å². The third kappa shape index (κ3) is 3.21. The molecule has 0 bridgehead atoms. The minimum atomic E-state index is -1.55. The van der Waals surface area contributed by atoms with Gasteiger partial charge in [0.2, 0.25) is 0 Å². The maximum atomic E-state index is 10.8. The van der Waals surface area contributed by atoms with Crippen LogP contribution in [-0.2, 0) is 9.53 Å². The van der Waals surface area contributed by atoms with E-state index in [0.29, 0.717) is 0 Å². The fraction of sp³-hybridized carbons (Fsp3) is 0.364. The second kappa shape index (κ2) is 4.94. The van der Waals surface area contributed by atoms with E-state index in [9.17, 15) is 9.90 Å². The van der Waals surface area contributed by atoms with Crippen LogP contribution in [0.5, 0.6) is 0 Å².